The number of amides is 1. The molecule has 1 amide bonds. The lowest BCUT2D eigenvalue weighted by Crippen LogP contribution is -2.32. The van der Waals surface area contributed by atoms with Gasteiger partial charge in [-0.05, 0) is 0 Å². The summed E-state index contributed by atoms with van der Waals surface area (Å²) in [6, 6.07) is 0. The van der Waals surface area contributed by atoms with Gasteiger partial charge in [0.05, 0.1) is 5.70 Å². The molecule has 5 heteroatoms. The van der Waals surface area contributed by atoms with Gasteiger partial charge in [0.1, 0.15) is 6.67 Å². The summed E-state index contributed by atoms with van der Waals surface area (Å²) in [5, 5.41) is 11.7. The summed E-state index contributed by atoms with van der Waals surface area (Å²) in [4.78, 5) is 15.9. The first kappa shape index (κ1) is 7.85. The summed E-state index contributed by atoms with van der Waals surface area (Å²) in [7, 11) is 0. The topological polar surface area (TPSA) is 64.9 Å². The molecule has 0 aromatic carbocycles. The monoisotopic (exact) mass is 179 g/mol. The van der Waals surface area contributed by atoms with Crippen molar-refractivity contribution in [3.05, 3.63) is 23.5 Å². The minimum atomic E-state index is -0.938. The fraction of sp³-hybridized carbons (Fsp3) is 0.250. The second-order valence-electron chi connectivity index (χ2n) is 2.78. The van der Waals surface area contributed by atoms with Crippen LogP contribution in [0.25, 0.3) is 0 Å². The third kappa shape index (κ3) is 1.40. The molecule has 2 aliphatic rings. The Kier molecular flexibility index (Phi) is 1.77. The minimum absolute atomic E-state index is 0.391. The summed E-state index contributed by atoms with van der Waals surface area (Å²) >= 11 is 0. The SMILES string of the molecule is O=C(O)N1C=C2NCN=CC2=CC1. The molecular weight excluding hydrogens is 170 g/mol. The second-order valence-corrected chi connectivity index (χ2v) is 2.78. The number of nitrogens with one attached hydrogen (secondary N) is 1. The molecule has 13 heavy (non-hydrogen) atoms. The molecular formula is C8H9N3O2. The van der Waals surface area contributed by atoms with Gasteiger partial charge in [0.2, 0.25) is 0 Å². The molecule has 0 radical (unpaired) electrons. The molecule has 0 aliphatic carbocycles. The van der Waals surface area contributed by atoms with E-state index in [1.807, 2.05) is 6.08 Å². The summed E-state index contributed by atoms with van der Waals surface area (Å²) in [6.07, 6.45) is 4.23. The highest BCUT2D eigenvalue weighted by Crippen LogP contribution is 2.14. The van der Waals surface area contributed by atoms with Crippen LogP contribution in [0, 0.1) is 0 Å². The summed E-state index contributed by atoms with van der Waals surface area (Å²) in [5.41, 5.74) is 1.78. The molecule has 2 heterocycles. The van der Waals surface area contributed by atoms with E-state index in [1.54, 1.807) is 12.4 Å². The first-order valence-corrected chi connectivity index (χ1v) is 3.93. The average Bonchev–Trinajstić information content (AvgIpc) is 2.17. The number of hydrogen-bond acceptors (Lipinski definition) is 3. The van der Waals surface area contributed by atoms with Crippen molar-refractivity contribution in [2.45, 2.75) is 0 Å². The van der Waals surface area contributed by atoms with Crippen LogP contribution in [0.4, 0.5) is 4.79 Å². The first-order chi connectivity index (χ1) is 6.27. The van der Waals surface area contributed by atoms with E-state index in [-0.39, 0.29) is 0 Å². The Morgan fingerprint density at radius 2 is 2.54 bits per heavy atom. The fourth-order valence-electron chi connectivity index (χ4n) is 1.27. The number of aliphatic imine (C=N–C) groups is 1. The van der Waals surface area contributed by atoms with Gasteiger partial charge in [0, 0.05) is 24.5 Å². The normalized spacial score (nSPS) is 19.8. The standard InChI is InChI=1S/C8H9N3O2/c12-8(13)11-2-1-6-3-9-5-10-7(6)4-11/h1,3-4,10H,2,5H2,(H,12,13). The Balaban J connectivity index is 2.25. The van der Waals surface area contributed by atoms with E-state index in [0.29, 0.717) is 13.2 Å². The van der Waals surface area contributed by atoms with Crippen LogP contribution in [0.3, 0.4) is 0 Å². The zero-order valence-electron chi connectivity index (χ0n) is 6.90. The van der Waals surface area contributed by atoms with E-state index in [0.717, 1.165) is 11.3 Å². The molecule has 0 bridgehead atoms. The fourth-order valence-corrected chi connectivity index (χ4v) is 1.27. The van der Waals surface area contributed by atoms with E-state index in [4.69, 9.17) is 5.11 Å². The predicted octanol–water partition coefficient (Wildman–Crippen LogP) is 0.379. The van der Waals surface area contributed by atoms with E-state index < -0.39 is 6.09 Å². The maximum absolute atomic E-state index is 10.6. The van der Waals surface area contributed by atoms with Gasteiger partial charge in [0.25, 0.3) is 0 Å². The van der Waals surface area contributed by atoms with E-state index in [2.05, 4.69) is 10.3 Å². The van der Waals surface area contributed by atoms with Crippen molar-refractivity contribution in [1.29, 1.82) is 0 Å². The summed E-state index contributed by atoms with van der Waals surface area (Å²) < 4.78 is 0. The average molecular weight is 179 g/mol. The third-order valence-corrected chi connectivity index (χ3v) is 1.94. The molecule has 0 atom stereocenters. The second kappa shape index (κ2) is 2.93. The van der Waals surface area contributed by atoms with Crippen LogP contribution in [-0.2, 0) is 0 Å². The van der Waals surface area contributed by atoms with Crippen LogP contribution in [0.5, 0.6) is 0 Å². The number of carbonyl (C=O) groups is 1. The Hall–Kier alpha value is -1.78. The highest BCUT2D eigenvalue weighted by Gasteiger charge is 2.17. The molecule has 0 saturated carbocycles. The highest BCUT2D eigenvalue weighted by molar-refractivity contribution is 5.86. The van der Waals surface area contributed by atoms with E-state index in [1.165, 1.54) is 4.90 Å². The molecule has 68 valence electrons. The molecule has 2 rings (SSSR count). The zero-order chi connectivity index (χ0) is 9.26. The molecule has 0 aromatic heterocycles. The summed E-state index contributed by atoms with van der Waals surface area (Å²) in [6.45, 7) is 0.901. The van der Waals surface area contributed by atoms with Gasteiger partial charge in [-0.25, -0.2) is 4.79 Å². The predicted molar refractivity (Wildman–Crippen MR) is 47.4 cm³/mol. The molecule has 0 aromatic rings. The van der Waals surface area contributed by atoms with E-state index in [9.17, 15) is 4.79 Å². The van der Waals surface area contributed by atoms with Gasteiger partial charge in [-0.1, -0.05) is 6.08 Å². The van der Waals surface area contributed by atoms with Crippen LogP contribution in [0.2, 0.25) is 0 Å². The number of fused-ring (bicyclic) bond motifs is 1. The highest BCUT2D eigenvalue weighted by atomic mass is 16.4. The van der Waals surface area contributed by atoms with Crippen LogP contribution in [-0.4, -0.2) is 35.5 Å². The number of rotatable bonds is 0. The lowest BCUT2D eigenvalue weighted by Gasteiger charge is -2.23. The summed E-state index contributed by atoms with van der Waals surface area (Å²) in [5.74, 6) is 0. The van der Waals surface area contributed by atoms with Crippen LogP contribution in [0.1, 0.15) is 0 Å². The number of nitrogens with zero attached hydrogens (tertiary/aromatic N) is 2. The van der Waals surface area contributed by atoms with Gasteiger partial charge < -0.3 is 10.4 Å². The Bertz CT molecular complexity index is 330. The van der Waals surface area contributed by atoms with Crippen molar-refractivity contribution in [1.82, 2.24) is 10.2 Å². The first-order valence-electron chi connectivity index (χ1n) is 3.93. The van der Waals surface area contributed by atoms with Crippen molar-refractivity contribution in [3.8, 4) is 0 Å². The molecule has 5 nitrogen and oxygen atoms in total. The minimum Gasteiger partial charge on any atom is -0.465 e. The van der Waals surface area contributed by atoms with Crippen LogP contribution < -0.4 is 5.32 Å². The zero-order valence-corrected chi connectivity index (χ0v) is 6.90. The van der Waals surface area contributed by atoms with Gasteiger partial charge >= 0.3 is 6.09 Å². The van der Waals surface area contributed by atoms with Gasteiger partial charge in [-0.2, -0.15) is 0 Å². The maximum Gasteiger partial charge on any atom is 0.411 e. The van der Waals surface area contributed by atoms with Crippen molar-refractivity contribution in [2.24, 2.45) is 4.99 Å². The number of allylic oxidation sites excluding steroid dienone is 1. The van der Waals surface area contributed by atoms with Gasteiger partial charge in [-0.15, -0.1) is 0 Å². The van der Waals surface area contributed by atoms with E-state index >= 15 is 0 Å². The van der Waals surface area contributed by atoms with Crippen LogP contribution in [0.15, 0.2) is 28.5 Å². The van der Waals surface area contributed by atoms with Crippen molar-refractivity contribution in [2.75, 3.05) is 13.2 Å². The van der Waals surface area contributed by atoms with Crippen molar-refractivity contribution < 1.29 is 9.90 Å². The molecule has 0 saturated heterocycles. The number of carboxylic acid groups (broad SMARTS) is 1. The van der Waals surface area contributed by atoms with Crippen molar-refractivity contribution >= 4 is 12.3 Å². The third-order valence-electron chi connectivity index (χ3n) is 1.94. The molecule has 0 fully saturated rings. The Labute approximate surface area is 75.1 Å². The quantitative estimate of drug-likeness (QED) is 0.565. The Morgan fingerprint density at radius 1 is 1.69 bits per heavy atom. The lowest BCUT2D eigenvalue weighted by atomic mass is 10.1. The number of hydrogen-bond donors (Lipinski definition) is 2. The van der Waals surface area contributed by atoms with Gasteiger partial charge in [-0.3, -0.25) is 9.89 Å². The molecule has 2 N–H and O–H groups in total. The van der Waals surface area contributed by atoms with Crippen LogP contribution >= 0.6 is 0 Å². The molecule has 0 unspecified atom stereocenters. The molecule has 0 spiro atoms. The largest absolute Gasteiger partial charge is 0.465 e. The maximum atomic E-state index is 10.6. The molecule has 2 aliphatic heterocycles. The smallest absolute Gasteiger partial charge is 0.411 e. The van der Waals surface area contributed by atoms with Crippen molar-refractivity contribution in [3.63, 3.8) is 0 Å². The van der Waals surface area contributed by atoms with Gasteiger partial charge in [0.15, 0.2) is 0 Å². The Morgan fingerprint density at radius 3 is 3.31 bits per heavy atom. The lowest BCUT2D eigenvalue weighted by molar-refractivity contribution is 0.165.